The van der Waals surface area contributed by atoms with Crippen LogP contribution in [0.5, 0.6) is 0 Å². The van der Waals surface area contributed by atoms with Crippen LogP contribution in [0.2, 0.25) is 18.1 Å². The van der Waals surface area contributed by atoms with Crippen molar-refractivity contribution in [2.24, 2.45) is 0 Å². The molecular weight excluding hydrogens is 380 g/mol. The zero-order valence-electron chi connectivity index (χ0n) is 19.0. The Bertz CT molecular complexity index is 613. The molecule has 1 aromatic heterocycles. The van der Waals surface area contributed by atoms with E-state index in [1.807, 2.05) is 17.0 Å². The number of carbonyl (C=O) groups is 1. The number of hydrogen-bond acceptors (Lipinski definition) is 4. The normalized spacial score (nSPS) is 15.9. The first-order valence-electron chi connectivity index (χ1n) is 11.0. The molecule has 1 fully saturated rings. The fourth-order valence-corrected chi connectivity index (χ4v) is 4.21. The van der Waals surface area contributed by atoms with E-state index in [9.17, 15) is 4.79 Å². The first-order valence-corrected chi connectivity index (χ1v) is 13.9. The van der Waals surface area contributed by atoms with Crippen LogP contribution in [0.15, 0.2) is 24.5 Å². The number of amides is 2. The Morgan fingerprint density at radius 3 is 2.45 bits per heavy atom. The van der Waals surface area contributed by atoms with Crippen LogP contribution in [-0.2, 0) is 11.0 Å². The topological polar surface area (TPSA) is 57.7 Å². The quantitative estimate of drug-likeness (QED) is 0.611. The van der Waals surface area contributed by atoms with Crippen molar-refractivity contribution in [3.05, 3.63) is 30.1 Å². The molecule has 1 aliphatic heterocycles. The lowest BCUT2D eigenvalue weighted by molar-refractivity contribution is 0.157. The largest absolute Gasteiger partial charge is 0.415 e. The van der Waals surface area contributed by atoms with Gasteiger partial charge in [0.1, 0.15) is 0 Å². The third-order valence-electron chi connectivity index (χ3n) is 6.25. The highest BCUT2D eigenvalue weighted by Gasteiger charge is 2.37. The molecule has 0 spiro atoms. The lowest BCUT2D eigenvalue weighted by atomic mass is 10.1. The average Bonchev–Trinajstić information content (AvgIpc) is 2.69. The van der Waals surface area contributed by atoms with Crippen LogP contribution < -0.4 is 5.32 Å². The van der Waals surface area contributed by atoms with Gasteiger partial charge >= 0.3 is 6.03 Å². The second kappa shape index (κ2) is 11.1. The molecule has 0 atom stereocenters. The van der Waals surface area contributed by atoms with Crippen molar-refractivity contribution in [3.63, 3.8) is 0 Å². The predicted octanol–water partition coefficient (Wildman–Crippen LogP) is 4.10. The molecule has 2 heterocycles. The summed E-state index contributed by atoms with van der Waals surface area (Å²) in [6.07, 6.45) is 7.36. The molecule has 0 aromatic carbocycles. The van der Waals surface area contributed by atoms with Crippen LogP contribution in [0.25, 0.3) is 0 Å². The molecule has 0 saturated carbocycles. The van der Waals surface area contributed by atoms with Gasteiger partial charge in [0.2, 0.25) is 0 Å². The van der Waals surface area contributed by atoms with Crippen LogP contribution in [0, 0.1) is 0 Å². The minimum Gasteiger partial charge on any atom is -0.415 e. The number of nitrogens with one attached hydrogen (secondary N) is 1. The van der Waals surface area contributed by atoms with Gasteiger partial charge in [-0.15, -0.1) is 0 Å². The van der Waals surface area contributed by atoms with Gasteiger partial charge in [-0.2, -0.15) is 0 Å². The van der Waals surface area contributed by atoms with Gasteiger partial charge in [0.15, 0.2) is 8.32 Å². The number of aromatic nitrogens is 1. The summed E-state index contributed by atoms with van der Waals surface area (Å²) < 4.78 is 6.32. The van der Waals surface area contributed by atoms with Crippen molar-refractivity contribution < 1.29 is 9.22 Å². The lowest BCUT2D eigenvalue weighted by Gasteiger charge is -2.37. The van der Waals surface area contributed by atoms with Gasteiger partial charge in [0.05, 0.1) is 6.61 Å². The van der Waals surface area contributed by atoms with Crippen LogP contribution in [-0.4, -0.2) is 68.5 Å². The van der Waals surface area contributed by atoms with E-state index in [1.54, 1.807) is 12.4 Å². The molecule has 164 valence electrons. The minimum absolute atomic E-state index is 0.0161. The number of urea groups is 1. The molecule has 6 nitrogen and oxygen atoms in total. The molecule has 0 aliphatic carbocycles. The molecule has 0 unspecified atom stereocenters. The molecule has 1 saturated heterocycles. The fourth-order valence-electron chi connectivity index (χ4n) is 3.18. The van der Waals surface area contributed by atoms with Crippen LogP contribution >= 0.6 is 0 Å². The van der Waals surface area contributed by atoms with E-state index < -0.39 is 8.32 Å². The summed E-state index contributed by atoms with van der Waals surface area (Å²) in [5.74, 6) is 0. The zero-order valence-corrected chi connectivity index (χ0v) is 20.0. The smallest absolute Gasteiger partial charge is 0.317 e. The lowest BCUT2D eigenvalue weighted by Crippen LogP contribution is -2.48. The predicted molar refractivity (Wildman–Crippen MR) is 121 cm³/mol. The van der Waals surface area contributed by atoms with E-state index in [0.29, 0.717) is 19.7 Å². The summed E-state index contributed by atoms with van der Waals surface area (Å²) in [5.41, 5.74) is 1.06. The van der Waals surface area contributed by atoms with Crippen molar-refractivity contribution >= 4 is 14.3 Å². The summed E-state index contributed by atoms with van der Waals surface area (Å²) in [6, 6.07) is 3.84. The number of hydrogen-bond donors (Lipinski definition) is 1. The standard InChI is InChI=1S/C22H40N4O2Si/c1-22(2,3)29(4,5)28-18-17-26(16-15-25-13-7-6-8-14-25)21(27)24-19-20-9-11-23-12-10-20/h9-12H,6-8,13-19H2,1-5H3,(H,24,27). The van der Waals surface area contributed by atoms with E-state index in [4.69, 9.17) is 4.43 Å². The first kappa shape index (κ1) is 23.8. The zero-order chi connectivity index (χ0) is 21.3. The molecule has 2 rings (SSSR count). The number of nitrogens with zero attached hydrogens (tertiary/aromatic N) is 3. The molecule has 0 radical (unpaired) electrons. The Morgan fingerprint density at radius 2 is 1.83 bits per heavy atom. The van der Waals surface area contributed by atoms with E-state index in [0.717, 1.165) is 31.7 Å². The van der Waals surface area contributed by atoms with Gasteiger partial charge in [-0.1, -0.05) is 27.2 Å². The Morgan fingerprint density at radius 1 is 1.17 bits per heavy atom. The van der Waals surface area contributed by atoms with E-state index in [-0.39, 0.29) is 11.1 Å². The molecule has 1 aliphatic rings. The number of pyridine rings is 1. The van der Waals surface area contributed by atoms with Gasteiger partial charge in [-0.25, -0.2) is 4.79 Å². The highest BCUT2D eigenvalue weighted by Crippen LogP contribution is 2.36. The van der Waals surface area contributed by atoms with Crippen LogP contribution in [0.3, 0.4) is 0 Å². The van der Waals surface area contributed by atoms with Gasteiger partial charge < -0.3 is 19.5 Å². The Kier molecular flexibility index (Phi) is 9.11. The molecule has 0 bridgehead atoms. The SMILES string of the molecule is CC(C)(C)[Si](C)(C)OCCN(CCN1CCCCC1)C(=O)NCc1ccncc1. The van der Waals surface area contributed by atoms with E-state index >= 15 is 0 Å². The van der Waals surface area contributed by atoms with Crippen molar-refractivity contribution in [1.29, 1.82) is 0 Å². The number of rotatable bonds is 9. The Labute approximate surface area is 178 Å². The minimum atomic E-state index is -1.81. The maximum atomic E-state index is 12.9. The fraction of sp³-hybridized carbons (Fsp3) is 0.727. The molecule has 7 heteroatoms. The highest BCUT2D eigenvalue weighted by atomic mass is 28.4. The van der Waals surface area contributed by atoms with E-state index in [2.05, 4.69) is 49.1 Å². The third-order valence-corrected chi connectivity index (χ3v) is 10.8. The maximum absolute atomic E-state index is 12.9. The number of piperidine rings is 1. The average molecular weight is 421 g/mol. The van der Waals surface area contributed by atoms with Crippen LogP contribution in [0.1, 0.15) is 45.6 Å². The van der Waals surface area contributed by atoms with Gasteiger partial charge in [-0.05, 0) is 61.8 Å². The summed E-state index contributed by atoms with van der Waals surface area (Å²) in [5, 5.41) is 3.24. The van der Waals surface area contributed by atoms with Gasteiger partial charge in [0, 0.05) is 38.6 Å². The number of likely N-dealkylation sites (tertiary alicyclic amines) is 1. The monoisotopic (exact) mass is 420 g/mol. The van der Waals surface area contributed by atoms with Crippen LogP contribution in [0.4, 0.5) is 4.79 Å². The summed E-state index contributed by atoms with van der Waals surface area (Å²) in [6.45, 7) is 17.0. The van der Waals surface area contributed by atoms with Crippen molar-refractivity contribution in [3.8, 4) is 0 Å². The Balaban J connectivity index is 1.89. The van der Waals surface area contributed by atoms with Crippen molar-refractivity contribution in [2.45, 2.75) is 64.7 Å². The first-order chi connectivity index (χ1) is 13.7. The summed E-state index contributed by atoms with van der Waals surface area (Å²) in [7, 11) is -1.81. The molecule has 1 aromatic rings. The maximum Gasteiger partial charge on any atom is 0.317 e. The molecular formula is C22H40N4O2Si. The summed E-state index contributed by atoms with van der Waals surface area (Å²) >= 11 is 0. The molecule has 2 amide bonds. The van der Waals surface area contributed by atoms with Crippen molar-refractivity contribution in [2.75, 3.05) is 39.3 Å². The van der Waals surface area contributed by atoms with E-state index in [1.165, 1.54) is 19.3 Å². The molecule has 29 heavy (non-hydrogen) atoms. The molecule has 1 N–H and O–H groups in total. The summed E-state index contributed by atoms with van der Waals surface area (Å²) in [4.78, 5) is 21.3. The Hall–Kier alpha value is -1.44. The van der Waals surface area contributed by atoms with Crippen molar-refractivity contribution in [1.82, 2.24) is 20.1 Å². The van der Waals surface area contributed by atoms with Gasteiger partial charge in [-0.3, -0.25) is 4.98 Å². The number of carbonyl (C=O) groups excluding carboxylic acids is 1. The third kappa shape index (κ3) is 8.07. The highest BCUT2D eigenvalue weighted by molar-refractivity contribution is 6.74. The second-order valence-electron chi connectivity index (χ2n) is 9.51. The van der Waals surface area contributed by atoms with Gasteiger partial charge in [0.25, 0.3) is 0 Å². The second-order valence-corrected chi connectivity index (χ2v) is 14.3.